The van der Waals surface area contributed by atoms with Gasteiger partial charge < -0.3 is 4.40 Å². The van der Waals surface area contributed by atoms with Crippen LogP contribution in [0.5, 0.6) is 0 Å². The maximum Gasteiger partial charge on any atom is 0.163 e. The summed E-state index contributed by atoms with van der Waals surface area (Å²) in [5, 5.41) is 1.11. The Morgan fingerprint density at radius 1 is 0.842 bits per heavy atom. The average molecular weight is 245 g/mol. The summed E-state index contributed by atoms with van der Waals surface area (Å²) in [7, 11) is 0. The van der Waals surface area contributed by atoms with Crippen LogP contribution in [0.3, 0.4) is 0 Å². The highest BCUT2D eigenvalue weighted by atomic mass is 15.0. The van der Waals surface area contributed by atoms with Crippen molar-refractivity contribution in [3.05, 3.63) is 67.1 Å². The maximum atomic E-state index is 4.76. The molecule has 90 valence electrons. The molecular weight excluding hydrogens is 234 g/mol. The molecule has 3 aromatic heterocycles. The summed E-state index contributed by atoms with van der Waals surface area (Å²) < 4.78 is 1.99. The lowest BCUT2D eigenvalue weighted by molar-refractivity contribution is 1.19. The molecule has 0 amide bonds. The third-order valence-corrected chi connectivity index (χ3v) is 3.29. The third kappa shape index (κ3) is 1.59. The van der Waals surface area contributed by atoms with Gasteiger partial charge in [0.05, 0.1) is 5.69 Å². The molecule has 0 bridgehead atoms. The van der Waals surface area contributed by atoms with Crippen LogP contribution >= 0.6 is 0 Å². The Kier molecular flexibility index (Phi) is 2.12. The van der Waals surface area contributed by atoms with Gasteiger partial charge in [0, 0.05) is 29.5 Å². The van der Waals surface area contributed by atoms with Gasteiger partial charge >= 0.3 is 0 Å². The molecule has 0 fully saturated rings. The Labute approximate surface area is 110 Å². The Balaban J connectivity index is 2.04. The van der Waals surface area contributed by atoms with Gasteiger partial charge in [-0.25, -0.2) is 9.97 Å². The van der Waals surface area contributed by atoms with Gasteiger partial charge in [0.25, 0.3) is 0 Å². The van der Waals surface area contributed by atoms with Crippen LogP contribution in [-0.2, 0) is 0 Å². The Morgan fingerprint density at radius 2 is 1.74 bits per heavy atom. The minimum atomic E-state index is 0.898. The van der Waals surface area contributed by atoms with Crippen LogP contribution in [0, 0.1) is 0 Å². The first kappa shape index (κ1) is 10.3. The molecule has 3 heteroatoms. The molecule has 4 rings (SSSR count). The highest BCUT2D eigenvalue weighted by Gasteiger charge is 2.05. The first-order valence-electron chi connectivity index (χ1n) is 6.20. The van der Waals surface area contributed by atoms with E-state index in [0.29, 0.717) is 0 Å². The number of fused-ring (bicyclic) bond motifs is 3. The van der Waals surface area contributed by atoms with Crippen molar-refractivity contribution in [3.63, 3.8) is 0 Å². The molecule has 19 heavy (non-hydrogen) atoms. The number of benzene rings is 1. The second-order valence-corrected chi connectivity index (χ2v) is 4.47. The summed E-state index contributed by atoms with van der Waals surface area (Å²) in [4.78, 5) is 9.14. The molecule has 0 N–H and O–H groups in total. The van der Waals surface area contributed by atoms with Gasteiger partial charge in [0.1, 0.15) is 5.52 Å². The van der Waals surface area contributed by atoms with E-state index in [1.807, 2.05) is 35.0 Å². The van der Waals surface area contributed by atoms with Crippen LogP contribution < -0.4 is 0 Å². The second-order valence-electron chi connectivity index (χ2n) is 4.47. The Hall–Kier alpha value is -2.68. The molecule has 0 saturated heterocycles. The van der Waals surface area contributed by atoms with Crippen molar-refractivity contribution in [2.24, 2.45) is 0 Å². The van der Waals surface area contributed by atoms with E-state index in [9.17, 15) is 0 Å². The summed E-state index contributed by atoms with van der Waals surface area (Å²) in [5.74, 6) is 0. The third-order valence-electron chi connectivity index (χ3n) is 3.29. The van der Waals surface area contributed by atoms with Crippen molar-refractivity contribution in [1.82, 2.24) is 14.4 Å². The van der Waals surface area contributed by atoms with Gasteiger partial charge in [0.2, 0.25) is 0 Å². The first-order valence-corrected chi connectivity index (χ1v) is 6.20. The number of hydrogen-bond acceptors (Lipinski definition) is 2. The van der Waals surface area contributed by atoms with Crippen molar-refractivity contribution in [2.75, 3.05) is 0 Å². The standard InChI is InChI=1S/C16H11N3/c1-2-4-12(5-3-1)14-7-6-13-8-10-19-11-9-17-16(19)15(13)18-14/h1-11H. The summed E-state index contributed by atoms with van der Waals surface area (Å²) >= 11 is 0. The van der Waals surface area contributed by atoms with Crippen LogP contribution in [-0.4, -0.2) is 14.4 Å². The average Bonchev–Trinajstić information content (AvgIpc) is 2.96. The van der Waals surface area contributed by atoms with E-state index in [2.05, 4.69) is 35.3 Å². The molecule has 1 aromatic carbocycles. The highest BCUT2D eigenvalue weighted by molar-refractivity contribution is 5.91. The van der Waals surface area contributed by atoms with Crippen LogP contribution in [0.1, 0.15) is 0 Å². The van der Waals surface area contributed by atoms with Gasteiger partial charge in [-0.2, -0.15) is 0 Å². The monoisotopic (exact) mass is 245 g/mol. The highest BCUT2D eigenvalue weighted by Crippen LogP contribution is 2.22. The number of pyridine rings is 2. The maximum absolute atomic E-state index is 4.76. The summed E-state index contributed by atoms with van der Waals surface area (Å²) in [5.41, 5.74) is 3.94. The van der Waals surface area contributed by atoms with Crippen molar-refractivity contribution < 1.29 is 0 Å². The molecule has 0 spiro atoms. The molecule has 0 saturated carbocycles. The topological polar surface area (TPSA) is 30.2 Å². The van der Waals surface area contributed by atoms with Gasteiger partial charge in [-0.1, -0.05) is 36.4 Å². The summed E-state index contributed by atoms with van der Waals surface area (Å²) in [6, 6.07) is 16.4. The normalized spacial score (nSPS) is 11.2. The molecule has 0 aliphatic heterocycles. The van der Waals surface area contributed by atoms with Gasteiger partial charge in [-0.15, -0.1) is 0 Å². The quantitative estimate of drug-likeness (QED) is 0.513. The lowest BCUT2D eigenvalue weighted by Gasteiger charge is -2.04. The van der Waals surface area contributed by atoms with E-state index in [-0.39, 0.29) is 0 Å². The smallest absolute Gasteiger partial charge is 0.163 e. The zero-order chi connectivity index (χ0) is 12.7. The zero-order valence-electron chi connectivity index (χ0n) is 10.2. The van der Waals surface area contributed by atoms with Crippen molar-refractivity contribution in [1.29, 1.82) is 0 Å². The molecule has 4 aromatic rings. The van der Waals surface area contributed by atoms with Crippen LogP contribution in [0.25, 0.3) is 27.8 Å². The summed E-state index contributed by atoms with van der Waals surface area (Å²) in [6.07, 6.45) is 5.74. The van der Waals surface area contributed by atoms with Gasteiger partial charge in [-0.05, 0) is 12.1 Å². The van der Waals surface area contributed by atoms with Crippen molar-refractivity contribution >= 4 is 16.6 Å². The number of nitrogens with zero attached hydrogens (tertiary/aromatic N) is 3. The molecule has 0 unspecified atom stereocenters. The fourth-order valence-electron chi connectivity index (χ4n) is 2.33. The van der Waals surface area contributed by atoms with Gasteiger partial charge in [-0.3, -0.25) is 0 Å². The number of rotatable bonds is 1. The fourth-order valence-corrected chi connectivity index (χ4v) is 2.33. The minimum Gasteiger partial charge on any atom is -0.305 e. The zero-order valence-corrected chi connectivity index (χ0v) is 10.2. The van der Waals surface area contributed by atoms with E-state index in [1.54, 1.807) is 6.20 Å². The number of imidazole rings is 1. The lowest BCUT2D eigenvalue weighted by Crippen LogP contribution is -1.90. The second kappa shape index (κ2) is 3.92. The van der Waals surface area contributed by atoms with E-state index < -0.39 is 0 Å². The van der Waals surface area contributed by atoms with Crippen molar-refractivity contribution in [3.8, 4) is 11.3 Å². The molecule has 3 heterocycles. The molecule has 3 nitrogen and oxygen atoms in total. The molecular formula is C16H11N3. The lowest BCUT2D eigenvalue weighted by atomic mass is 10.1. The largest absolute Gasteiger partial charge is 0.305 e. The fraction of sp³-hybridized carbons (Fsp3) is 0. The van der Waals surface area contributed by atoms with E-state index in [1.165, 1.54) is 0 Å². The molecule has 0 radical (unpaired) electrons. The number of hydrogen-bond donors (Lipinski definition) is 0. The predicted octanol–water partition coefficient (Wildman–Crippen LogP) is 3.55. The van der Waals surface area contributed by atoms with E-state index >= 15 is 0 Å². The Bertz CT molecular complexity index is 863. The minimum absolute atomic E-state index is 0.898. The SMILES string of the molecule is c1ccc(-c2ccc3ccn4ccnc4c3n2)cc1. The van der Waals surface area contributed by atoms with Crippen molar-refractivity contribution in [2.45, 2.75) is 0 Å². The Morgan fingerprint density at radius 3 is 2.63 bits per heavy atom. The number of aromatic nitrogens is 3. The predicted molar refractivity (Wildman–Crippen MR) is 75.9 cm³/mol. The van der Waals surface area contributed by atoms with E-state index in [4.69, 9.17) is 4.98 Å². The van der Waals surface area contributed by atoms with Crippen LogP contribution in [0.15, 0.2) is 67.1 Å². The van der Waals surface area contributed by atoms with Gasteiger partial charge in [0.15, 0.2) is 5.65 Å². The first-order chi connectivity index (χ1) is 9.42. The summed E-state index contributed by atoms with van der Waals surface area (Å²) in [6.45, 7) is 0. The van der Waals surface area contributed by atoms with E-state index in [0.717, 1.165) is 27.8 Å². The molecule has 0 aliphatic carbocycles. The van der Waals surface area contributed by atoms with Crippen LogP contribution in [0.2, 0.25) is 0 Å². The van der Waals surface area contributed by atoms with Crippen LogP contribution in [0.4, 0.5) is 0 Å². The molecule has 0 atom stereocenters. The molecule has 0 aliphatic rings.